The highest BCUT2D eigenvalue weighted by Gasteiger charge is 2.30. The molecule has 0 bridgehead atoms. The highest BCUT2D eigenvalue weighted by molar-refractivity contribution is 5.88. The van der Waals surface area contributed by atoms with Gasteiger partial charge in [0.1, 0.15) is 11.3 Å². The summed E-state index contributed by atoms with van der Waals surface area (Å²) in [5.41, 5.74) is -0.968. The molecule has 0 saturated heterocycles. The lowest BCUT2D eigenvalue weighted by atomic mass is 9.99. The molecule has 0 fully saturated rings. The molecule has 0 amide bonds. The molecule has 20 heavy (non-hydrogen) atoms. The number of rotatable bonds is 6. The molecule has 4 heteroatoms. The zero-order chi connectivity index (χ0) is 14.6. The van der Waals surface area contributed by atoms with Crippen LogP contribution in [-0.4, -0.2) is 30.3 Å². The van der Waals surface area contributed by atoms with Crippen molar-refractivity contribution in [2.24, 2.45) is 0 Å². The summed E-state index contributed by atoms with van der Waals surface area (Å²) in [4.78, 5) is 11.2. The van der Waals surface area contributed by atoms with Crippen molar-refractivity contribution < 1.29 is 14.6 Å². The lowest BCUT2D eigenvalue weighted by molar-refractivity contribution is -0.144. The van der Waals surface area contributed by atoms with Crippen LogP contribution in [0.5, 0.6) is 5.75 Å². The normalized spacial score (nSPS) is 13.9. The number of aliphatic carboxylic acids is 1. The molecule has 0 saturated carbocycles. The molecule has 1 unspecified atom stereocenters. The second kappa shape index (κ2) is 5.92. The molecule has 2 N–H and O–H groups in total. The van der Waals surface area contributed by atoms with Crippen LogP contribution in [0.1, 0.15) is 13.3 Å². The van der Waals surface area contributed by atoms with E-state index in [0.717, 1.165) is 16.5 Å². The number of carbonyl (C=O) groups is 1. The Kier molecular flexibility index (Phi) is 4.25. The van der Waals surface area contributed by atoms with Gasteiger partial charge in [0.2, 0.25) is 0 Å². The molecule has 0 spiro atoms. The minimum Gasteiger partial charge on any atom is -0.493 e. The van der Waals surface area contributed by atoms with Gasteiger partial charge in [-0.1, -0.05) is 36.4 Å². The van der Waals surface area contributed by atoms with Crippen molar-refractivity contribution in [3.05, 3.63) is 42.5 Å². The summed E-state index contributed by atoms with van der Waals surface area (Å²) in [5, 5.41) is 14.2. The van der Waals surface area contributed by atoms with Gasteiger partial charge in [0.25, 0.3) is 0 Å². The molecule has 0 radical (unpaired) electrons. The first-order valence-corrected chi connectivity index (χ1v) is 6.60. The lowest BCUT2D eigenvalue weighted by Crippen LogP contribution is -2.48. The van der Waals surface area contributed by atoms with Gasteiger partial charge in [-0.2, -0.15) is 0 Å². The van der Waals surface area contributed by atoms with Crippen LogP contribution in [-0.2, 0) is 4.79 Å². The average molecular weight is 273 g/mol. The Morgan fingerprint density at radius 2 is 1.95 bits per heavy atom. The Balaban J connectivity index is 2.09. The number of nitrogens with one attached hydrogen (secondary N) is 1. The fraction of sp³-hybridized carbons (Fsp3) is 0.312. The van der Waals surface area contributed by atoms with Crippen LogP contribution in [0, 0.1) is 0 Å². The van der Waals surface area contributed by atoms with Crippen molar-refractivity contribution >= 4 is 16.7 Å². The van der Waals surface area contributed by atoms with E-state index in [1.54, 1.807) is 14.0 Å². The van der Waals surface area contributed by atoms with E-state index in [-0.39, 0.29) is 0 Å². The van der Waals surface area contributed by atoms with Crippen LogP contribution in [0.25, 0.3) is 10.8 Å². The van der Waals surface area contributed by atoms with Crippen molar-refractivity contribution in [2.75, 3.05) is 13.7 Å². The maximum atomic E-state index is 11.2. The first kappa shape index (κ1) is 14.3. The van der Waals surface area contributed by atoms with Gasteiger partial charge in [0.05, 0.1) is 6.61 Å². The summed E-state index contributed by atoms with van der Waals surface area (Å²) in [5.74, 6) is -0.0894. The molecule has 2 aromatic rings. The van der Waals surface area contributed by atoms with Gasteiger partial charge in [0.15, 0.2) is 0 Å². The van der Waals surface area contributed by atoms with Crippen molar-refractivity contribution in [3.63, 3.8) is 0 Å². The molecule has 1 atom stereocenters. The monoisotopic (exact) mass is 273 g/mol. The maximum absolute atomic E-state index is 11.2. The molecule has 106 valence electrons. The topological polar surface area (TPSA) is 58.6 Å². The number of carboxylic acids is 1. The van der Waals surface area contributed by atoms with Gasteiger partial charge < -0.3 is 15.2 Å². The fourth-order valence-corrected chi connectivity index (χ4v) is 2.03. The van der Waals surface area contributed by atoms with Crippen LogP contribution < -0.4 is 10.1 Å². The summed E-state index contributed by atoms with van der Waals surface area (Å²) in [7, 11) is 1.64. The van der Waals surface area contributed by atoms with Crippen molar-refractivity contribution in [2.45, 2.75) is 18.9 Å². The molecular formula is C16H19NO3. The third-order valence-corrected chi connectivity index (χ3v) is 3.63. The minimum atomic E-state index is -0.968. The van der Waals surface area contributed by atoms with Crippen LogP contribution in [0.4, 0.5) is 0 Å². The third kappa shape index (κ3) is 2.91. The molecule has 4 nitrogen and oxygen atoms in total. The van der Waals surface area contributed by atoms with Crippen LogP contribution >= 0.6 is 0 Å². The van der Waals surface area contributed by atoms with E-state index >= 15 is 0 Å². The minimum absolute atomic E-state index is 0.345. The van der Waals surface area contributed by atoms with E-state index in [1.165, 1.54) is 0 Å². The second-order valence-electron chi connectivity index (χ2n) is 4.96. The molecule has 2 rings (SSSR count). The largest absolute Gasteiger partial charge is 0.493 e. The number of hydrogen-bond acceptors (Lipinski definition) is 3. The predicted molar refractivity (Wildman–Crippen MR) is 79.2 cm³/mol. The van der Waals surface area contributed by atoms with Gasteiger partial charge in [-0.3, -0.25) is 4.79 Å². The Bertz CT molecular complexity index is 606. The average Bonchev–Trinajstić information content (AvgIpc) is 2.47. The fourth-order valence-electron chi connectivity index (χ4n) is 2.03. The van der Waals surface area contributed by atoms with E-state index in [4.69, 9.17) is 4.74 Å². The zero-order valence-electron chi connectivity index (χ0n) is 11.7. The molecule has 0 aliphatic carbocycles. The van der Waals surface area contributed by atoms with Gasteiger partial charge in [-0.25, -0.2) is 0 Å². The van der Waals surface area contributed by atoms with Gasteiger partial charge >= 0.3 is 5.97 Å². The van der Waals surface area contributed by atoms with Crippen molar-refractivity contribution in [3.8, 4) is 5.75 Å². The Morgan fingerprint density at radius 3 is 2.65 bits per heavy atom. The summed E-state index contributed by atoms with van der Waals surface area (Å²) in [6.45, 7) is 2.00. The highest BCUT2D eigenvalue weighted by Crippen LogP contribution is 2.25. The van der Waals surface area contributed by atoms with Crippen molar-refractivity contribution in [1.29, 1.82) is 0 Å². The van der Waals surface area contributed by atoms with Gasteiger partial charge in [-0.15, -0.1) is 0 Å². The Morgan fingerprint density at radius 1 is 1.25 bits per heavy atom. The summed E-state index contributed by atoms with van der Waals surface area (Å²) < 4.78 is 5.76. The number of carboxylic acid groups (broad SMARTS) is 1. The van der Waals surface area contributed by atoms with Crippen LogP contribution in [0.3, 0.4) is 0 Å². The number of benzene rings is 2. The SMILES string of the molecule is CNC(C)(CCOc1cccc2ccccc12)C(=O)O. The maximum Gasteiger partial charge on any atom is 0.323 e. The first-order valence-electron chi connectivity index (χ1n) is 6.60. The summed E-state index contributed by atoms with van der Waals surface area (Å²) >= 11 is 0. The lowest BCUT2D eigenvalue weighted by Gasteiger charge is -2.24. The third-order valence-electron chi connectivity index (χ3n) is 3.63. The smallest absolute Gasteiger partial charge is 0.323 e. The van der Waals surface area contributed by atoms with E-state index < -0.39 is 11.5 Å². The van der Waals surface area contributed by atoms with E-state index in [9.17, 15) is 9.90 Å². The quantitative estimate of drug-likeness (QED) is 0.849. The number of likely N-dealkylation sites (N-methyl/N-ethyl adjacent to an activating group) is 1. The number of ether oxygens (including phenoxy) is 1. The molecule has 0 heterocycles. The molecule has 0 aliphatic rings. The zero-order valence-corrected chi connectivity index (χ0v) is 11.7. The Labute approximate surface area is 118 Å². The summed E-state index contributed by atoms with van der Waals surface area (Å²) in [6.07, 6.45) is 0.391. The number of hydrogen-bond donors (Lipinski definition) is 2. The standard InChI is InChI=1S/C16H19NO3/c1-16(17-2,15(18)19)10-11-20-14-9-5-7-12-6-3-4-8-13(12)14/h3-9,17H,10-11H2,1-2H3,(H,18,19). The second-order valence-corrected chi connectivity index (χ2v) is 4.96. The van der Waals surface area contributed by atoms with Gasteiger partial charge in [-0.05, 0) is 25.4 Å². The first-order chi connectivity index (χ1) is 9.57. The molecule has 2 aromatic carbocycles. The van der Waals surface area contributed by atoms with E-state index in [2.05, 4.69) is 5.32 Å². The Hall–Kier alpha value is -2.07. The van der Waals surface area contributed by atoms with Crippen LogP contribution in [0.2, 0.25) is 0 Å². The van der Waals surface area contributed by atoms with E-state index in [0.29, 0.717) is 13.0 Å². The van der Waals surface area contributed by atoms with Crippen LogP contribution in [0.15, 0.2) is 42.5 Å². The summed E-state index contributed by atoms with van der Waals surface area (Å²) in [6, 6.07) is 13.8. The van der Waals surface area contributed by atoms with Gasteiger partial charge in [0, 0.05) is 11.8 Å². The predicted octanol–water partition coefficient (Wildman–Crippen LogP) is 2.67. The van der Waals surface area contributed by atoms with Crippen molar-refractivity contribution in [1.82, 2.24) is 5.32 Å². The molecule has 0 aliphatic heterocycles. The highest BCUT2D eigenvalue weighted by atomic mass is 16.5. The number of fused-ring (bicyclic) bond motifs is 1. The van der Waals surface area contributed by atoms with E-state index in [1.807, 2.05) is 42.5 Å². The molecule has 0 aromatic heterocycles. The molecular weight excluding hydrogens is 254 g/mol.